The maximum Gasteiger partial charge on any atom is 0.181 e. The van der Waals surface area contributed by atoms with Gasteiger partial charge in [0.1, 0.15) is 5.82 Å². The van der Waals surface area contributed by atoms with Crippen molar-refractivity contribution >= 4 is 5.69 Å². The molecular weight excluding hydrogens is 250 g/mol. The summed E-state index contributed by atoms with van der Waals surface area (Å²) in [5.74, 6) is 1.58. The van der Waals surface area contributed by atoms with E-state index in [1.807, 2.05) is 19.1 Å². The number of aromatic nitrogens is 3. The molecule has 1 fully saturated rings. The first-order valence-corrected chi connectivity index (χ1v) is 7.22. The molecule has 1 aromatic carbocycles. The van der Waals surface area contributed by atoms with Crippen LogP contribution in [0.2, 0.25) is 0 Å². The molecule has 20 heavy (non-hydrogen) atoms. The van der Waals surface area contributed by atoms with Crippen LogP contribution in [0.4, 0.5) is 5.69 Å². The van der Waals surface area contributed by atoms with Crippen LogP contribution in [0, 0.1) is 6.92 Å². The fourth-order valence-corrected chi connectivity index (χ4v) is 2.72. The van der Waals surface area contributed by atoms with E-state index in [2.05, 4.69) is 32.6 Å². The molecule has 0 amide bonds. The Morgan fingerprint density at radius 1 is 1.25 bits per heavy atom. The average molecular weight is 271 g/mol. The van der Waals surface area contributed by atoms with E-state index in [0.717, 1.165) is 48.6 Å². The SMILES string of the molecule is Cc1nc(-c2cccc(NC3CCC(N)CC3)c2)n[nH]1. The third kappa shape index (κ3) is 2.99. The van der Waals surface area contributed by atoms with Crippen molar-refractivity contribution in [3.05, 3.63) is 30.1 Å². The Balaban J connectivity index is 1.71. The molecule has 5 nitrogen and oxygen atoms in total. The molecule has 1 saturated carbocycles. The van der Waals surface area contributed by atoms with Crippen LogP contribution in [0.25, 0.3) is 11.4 Å². The molecule has 0 aliphatic heterocycles. The van der Waals surface area contributed by atoms with Crippen molar-refractivity contribution < 1.29 is 0 Å². The van der Waals surface area contributed by atoms with Gasteiger partial charge in [0.25, 0.3) is 0 Å². The molecule has 0 radical (unpaired) electrons. The van der Waals surface area contributed by atoms with Gasteiger partial charge in [0.2, 0.25) is 0 Å². The van der Waals surface area contributed by atoms with E-state index in [4.69, 9.17) is 5.73 Å². The highest BCUT2D eigenvalue weighted by Gasteiger charge is 2.18. The summed E-state index contributed by atoms with van der Waals surface area (Å²) in [6.07, 6.45) is 4.51. The molecule has 1 aromatic heterocycles. The van der Waals surface area contributed by atoms with Crippen molar-refractivity contribution in [2.75, 3.05) is 5.32 Å². The number of rotatable bonds is 3. The van der Waals surface area contributed by atoms with Crippen molar-refractivity contribution in [2.45, 2.75) is 44.7 Å². The summed E-state index contributed by atoms with van der Waals surface area (Å²) < 4.78 is 0. The molecule has 106 valence electrons. The minimum atomic E-state index is 0.385. The summed E-state index contributed by atoms with van der Waals surface area (Å²) in [6.45, 7) is 1.91. The zero-order chi connectivity index (χ0) is 13.9. The van der Waals surface area contributed by atoms with Crippen LogP contribution in [0.3, 0.4) is 0 Å². The largest absolute Gasteiger partial charge is 0.382 e. The molecule has 1 aliphatic carbocycles. The maximum absolute atomic E-state index is 5.94. The van der Waals surface area contributed by atoms with Gasteiger partial charge < -0.3 is 11.1 Å². The van der Waals surface area contributed by atoms with Gasteiger partial charge in [-0.15, -0.1) is 0 Å². The van der Waals surface area contributed by atoms with E-state index in [9.17, 15) is 0 Å². The second-order valence-corrected chi connectivity index (χ2v) is 5.58. The molecule has 2 aromatic rings. The Morgan fingerprint density at radius 3 is 2.75 bits per heavy atom. The molecule has 0 spiro atoms. The van der Waals surface area contributed by atoms with Crippen LogP contribution in [-0.2, 0) is 0 Å². The van der Waals surface area contributed by atoms with Crippen LogP contribution in [0.15, 0.2) is 24.3 Å². The molecule has 1 aliphatic rings. The average Bonchev–Trinajstić information content (AvgIpc) is 2.89. The minimum Gasteiger partial charge on any atom is -0.382 e. The number of benzene rings is 1. The van der Waals surface area contributed by atoms with Crippen LogP contribution in [0.1, 0.15) is 31.5 Å². The third-order valence-electron chi connectivity index (χ3n) is 3.86. The highest BCUT2D eigenvalue weighted by Crippen LogP contribution is 2.24. The topological polar surface area (TPSA) is 79.6 Å². The van der Waals surface area contributed by atoms with Gasteiger partial charge in [0, 0.05) is 23.3 Å². The lowest BCUT2D eigenvalue weighted by Gasteiger charge is -2.27. The van der Waals surface area contributed by atoms with Crippen molar-refractivity contribution in [2.24, 2.45) is 5.73 Å². The fraction of sp³-hybridized carbons (Fsp3) is 0.467. The first-order valence-electron chi connectivity index (χ1n) is 7.22. The van der Waals surface area contributed by atoms with E-state index >= 15 is 0 Å². The summed E-state index contributed by atoms with van der Waals surface area (Å²) in [4.78, 5) is 4.37. The normalized spacial score (nSPS) is 22.7. The first kappa shape index (κ1) is 13.1. The predicted octanol–water partition coefficient (Wildman–Crippen LogP) is 2.46. The lowest BCUT2D eigenvalue weighted by Crippen LogP contribution is -2.32. The van der Waals surface area contributed by atoms with E-state index < -0.39 is 0 Å². The quantitative estimate of drug-likeness (QED) is 0.801. The molecule has 0 saturated heterocycles. The van der Waals surface area contributed by atoms with Crippen molar-refractivity contribution in [1.29, 1.82) is 0 Å². The number of nitrogens with two attached hydrogens (primary N) is 1. The minimum absolute atomic E-state index is 0.385. The molecule has 4 N–H and O–H groups in total. The van der Waals surface area contributed by atoms with Gasteiger partial charge in [-0.3, -0.25) is 5.10 Å². The van der Waals surface area contributed by atoms with Gasteiger partial charge in [0.05, 0.1) is 0 Å². The standard InChI is InChI=1S/C15H21N5/c1-10-17-15(20-19-10)11-3-2-4-14(9-11)18-13-7-5-12(16)6-8-13/h2-4,9,12-13,18H,5-8,16H2,1H3,(H,17,19,20). The predicted molar refractivity (Wildman–Crippen MR) is 80.4 cm³/mol. The van der Waals surface area contributed by atoms with E-state index in [-0.39, 0.29) is 0 Å². The number of nitrogens with zero attached hydrogens (tertiary/aromatic N) is 2. The van der Waals surface area contributed by atoms with Gasteiger partial charge in [0.15, 0.2) is 5.82 Å². The van der Waals surface area contributed by atoms with Gasteiger partial charge in [-0.25, -0.2) is 4.98 Å². The van der Waals surface area contributed by atoms with Crippen LogP contribution in [0.5, 0.6) is 0 Å². The molecule has 3 rings (SSSR count). The first-order chi connectivity index (χ1) is 9.70. The van der Waals surface area contributed by atoms with Crippen LogP contribution >= 0.6 is 0 Å². The summed E-state index contributed by atoms with van der Waals surface area (Å²) in [5, 5.41) is 10.7. The number of H-pyrrole nitrogens is 1. The molecule has 5 heteroatoms. The number of aryl methyl sites for hydroxylation is 1. The molecular formula is C15H21N5. The number of aromatic amines is 1. The molecule has 0 unspecified atom stereocenters. The smallest absolute Gasteiger partial charge is 0.181 e. The highest BCUT2D eigenvalue weighted by atomic mass is 15.2. The summed E-state index contributed by atoms with van der Waals surface area (Å²) in [7, 11) is 0. The summed E-state index contributed by atoms with van der Waals surface area (Å²) >= 11 is 0. The van der Waals surface area contributed by atoms with Crippen LogP contribution in [-0.4, -0.2) is 27.3 Å². The Bertz CT molecular complexity index is 569. The number of hydrogen-bond acceptors (Lipinski definition) is 4. The molecule has 0 bridgehead atoms. The van der Waals surface area contributed by atoms with Crippen molar-refractivity contribution in [3.63, 3.8) is 0 Å². The summed E-state index contributed by atoms with van der Waals surface area (Å²) in [6, 6.07) is 9.19. The van der Waals surface area contributed by atoms with Crippen molar-refractivity contribution in [1.82, 2.24) is 15.2 Å². The van der Waals surface area contributed by atoms with Crippen LogP contribution < -0.4 is 11.1 Å². The fourth-order valence-electron chi connectivity index (χ4n) is 2.72. The zero-order valence-corrected chi connectivity index (χ0v) is 11.8. The zero-order valence-electron chi connectivity index (χ0n) is 11.8. The lowest BCUT2D eigenvalue weighted by molar-refractivity contribution is 0.411. The number of nitrogens with one attached hydrogen (secondary N) is 2. The van der Waals surface area contributed by atoms with Gasteiger partial charge >= 0.3 is 0 Å². The molecule has 1 heterocycles. The third-order valence-corrected chi connectivity index (χ3v) is 3.86. The van der Waals surface area contributed by atoms with Gasteiger partial charge in [-0.1, -0.05) is 12.1 Å². The highest BCUT2D eigenvalue weighted by molar-refractivity contribution is 5.62. The Morgan fingerprint density at radius 2 is 2.05 bits per heavy atom. The van der Waals surface area contributed by atoms with E-state index in [1.54, 1.807) is 0 Å². The van der Waals surface area contributed by atoms with E-state index in [0.29, 0.717) is 12.1 Å². The van der Waals surface area contributed by atoms with E-state index in [1.165, 1.54) is 0 Å². The number of hydrogen-bond donors (Lipinski definition) is 3. The summed E-state index contributed by atoms with van der Waals surface area (Å²) in [5.41, 5.74) is 8.11. The van der Waals surface area contributed by atoms with Gasteiger partial charge in [-0.05, 0) is 44.7 Å². The number of anilines is 1. The Hall–Kier alpha value is -1.88. The Kier molecular flexibility index (Phi) is 3.69. The monoisotopic (exact) mass is 271 g/mol. The molecule has 0 atom stereocenters. The second kappa shape index (κ2) is 5.63. The maximum atomic E-state index is 5.94. The lowest BCUT2D eigenvalue weighted by atomic mass is 9.91. The van der Waals surface area contributed by atoms with Gasteiger partial charge in [-0.2, -0.15) is 5.10 Å². The van der Waals surface area contributed by atoms with Crippen molar-refractivity contribution in [3.8, 4) is 11.4 Å². The second-order valence-electron chi connectivity index (χ2n) is 5.58. The Labute approximate surface area is 119 Å².